The van der Waals surface area contributed by atoms with Crippen LogP contribution in [0.2, 0.25) is 5.15 Å². The molecule has 0 fully saturated rings. The number of aromatic nitrogens is 1. The maximum Gasteiger partial charge on any atom is 0.259 e. The molecule has 0 saturated carbocycles. The summed E-state index contributed by atoms with van der Waals surface area (Å²) in [7, 11) is 0. The van der Waals surface area contributed by atoms with Gasteiger partial charge in [-0.05, 0) is 30.7 Å². The molecule has 0 aliphatic carbocycles. The predicted octanol–water partition coefficient (Wildman–Crippen LogP) is 2.71. The predicted molar refractivity (Wildman–Crippen MR) is 71.7 cm³/mol. The molecule has 0 unspecified atom stereocenters. The van der Waals surface area contributed by atoms with E-state index in [-0.39, 0.29) is 22.2 Å². The Bertz CT molecular complexity index is 624. The fourth-order valence-electron chi connectivity index (χ4n) is 1.57. The maximum atomic E-state index is 12.0. The second-order valence-corrected chi connectivity index (χ2v) is 4.31. The van der Waals surface area contributed by atoms with E-state index in [4.69, 9.17) is 11.6 Å². The van der Waals surface area contributed by atoms with Crippen LogP contribution in [0, 0.1) is 6.92 Å². The number of nitrogens with zero attached hydrogens (tertiary/aromatic N) is 1. The van der Waals surface area contributed by atoms with Crippen LogP contribution in [-0.2, 0) is 0 Å². The number of carbonyl (C=O) groups is 1. The number of anilines is 1. The SMILES string of the molecule is Cc1ccnc(Cl)c1NC(=O)c1ccc(O)cc1O. The minimum Gasteiger partial charge on any atom is -0.508 e. The van der Waals surface area contributed by atoms with Crippen LogP contribution in [0.3, 0.4) is 0 Å². The highest BCUT2D eigenvalue weighted by Gasteiger charge is 2.14. The molecule has 1 heterocycles. The van der Waals surface area contributed by atoms with Crippen molar-refractivity contribution in [1.29, 1.82) is 0 Å². The van der Waals surface area contributed by atoms with Crippen LogP contribution in [0.15, 0.2) is 30.5 Å². The van der Waals surface area contributed by atoms with Gasteiger partial charge in [-0.15, -0.1) is 0 Å². The Kier molecular flexibility index (Phi) is 3.57. The molecule has 0 radical (unpaired) electrons. The fourth-order valence-corrected chi connectivity index (χ4v) is 1.82. The van der Waals surface area contributed by atoms with Gasteiger partial charge in [-0.25, -0.2) is 4.98 Å². The van der Waals surface area contributed by atoms with Crippen LogP contribution in [0.1, 0.15) is 15.9 Å². The Balaban J connectivity index is 2.31. The number of halogens is 1. The zero-order valence-electron chi connectivity index (χ0n) is 10.0. The average molecular weight is 279 g/mol. The molecule has 0 aliphatic heterocycles. The van der Waals surface area contributed by atoms with Crippen LogP contribution in [0.4, 0.5) is 5.69 Å². The van der Waals surface area contributed by atoms with Gasteiger partial charge >= 0.3 is 0 Å². The van der Waals surface area contributed by atoms with E-state index in [0.29, 0.717) is 5.69 Å². The van der Waals surface area contributed by atoms with Gasteiger partial charge in [0.25, 0.3) is 5.91 Å². The largest absolute Gasteiger partial charge is 0.508 e. The number of rotatable bonds is 2. The second kappa shape index (κ2) is 5.16. The van der Waals surface area contributed by atoms with Crippen LogP contribution < -0.4 is 5.32 Å². The summed E-state index contributed by atoms with van der Waals surface area (Å²) in [5, 5.41) is 21.5. The van der Waals surface area contributed by atoms with Crippen LogP contribution in [0.25, 0.3) is 0 Å². The van der Waals surface area contributed by atoms with Gasteiger partial charge in [0.1, 0.15) is 11.5 Å². The number of phenols is 2. The third kappa shape index (κ3) is 2.77. The molecule has 6 heteroatoms. The van der Waals surface area contributed by atoms with Gasteiger partial charge in [-0.1, -0.05) is 11.6 Å². The molecular formula is C13H11ClN2O3. The Morgan fingerprint density at radius 3 is 2.68 bits per heavy atom. The number of pyridine rings is 1. The molecule has 0 atom stereocenters. The Morgan fingerprint density at radius 1 is 1.32 bits per heavy atom. The monoisotopic (exact) mass is 278 g/mol. The van der Waals surface area contributed by atoms with E-state index in [2.05, 4.69) is 10.3 Å². The number of amides is 1. The first-order chi connectivity index (χ1) is 8.99. The van der Waals surface area contributed by atoms with Gasteiger partial charge in [-0.3, -0.25) is 4.79 Å². The van der Waals surface area contributed by atoms with Crippen LogP contribution >= 0.6 is 11.6 Å². The molecular weight excluding hydrogens is 268 g/mol. The van der Waals surface area contributed by atoms with Crippen molar-refractivity contribution in [2.75, 3.05) is 5.32 Å². The van der Waals surface area contributed by atoms with E-state index in [9.17, 15) is 15.0 Å². The number of hydrogen-bond acceptors (Lipinski definition) is 4. The van der Waals surface area contributed by atoms with E-state index in [1.165, 1.54) is 18.3 Å². The summed E-state index contributed by atoms with van der Waals surface area (Å²) in [6.45, 7) is 1.78. The second-order valence-electron chi connectivity index (χ2n) is 3.95. The lowest BCUT2D eigenvalue weighted by Crippen LogP contribution is -2.13. The quantitative estimate of drug-likeness (QED) is 0.738. The van der Waals surface area contributed by atoms with Crippen molar-refractivity contribution >= 4 is 23.2 Å². The molecule has 19 heavy (non-hydrogen) atoms. The van der Waals surface area contributed by atoms with Crippen molar-refractivity contribution in [2.45, 2.75) is 6.92 Å². The van der Waals surface area contributed by atoms with Crippen molar-refractivity contribution in [2.24, 2.45) is 0 Å². The first-order valence-corrected chi connectivity index (χ1v) is 5.81. The van der Waals surface area contributed by atoms with Gasteiger partial charge in [0, 0.05) is 12.3 Å². The smallest absolute Gasteiger partial charge is 0.259 e. The van der Waals surface area contributed by atoms with E-state index >= 15 is 0 Å². The number of aryl methyl sites for hydroxylation is 1. The molecule has 0 aliphatic rings. The summed E-state index contributed by atoms with van der Waals surface area (Å²) in [5.41, 5.74) is 1.19. The molecule has 1 amide bonds. The van der Waals surface area contributed by atoms with E-state index < -0.39 is 5.91 Å². The Hall–Kier alpha value is -2.27. The molecule has 0 saturated heterocycles. The Labute approximate surface area is 114 Å². The third-order valence-electron chi connectivity index (χ3n) is 2.58. The molecule has 3 N–H and O–H groups in total. The van der Waals surface area contributed by atoms with Crippen LogP contribution in [0.5, 0.6) is 11.5 Å². The maximum absolute atomic E-state index is 12.0. The minimum absolute atomic E-state index is 0.0390. The summed E-state index contributed by atoms with van der Waals surface area (Å²) in [6.07, 6.45) is 1.53. The molecule has 0 spiro atoms. The van der Waals surface area contributed by atoms with Crippen molar-refractivity contribution in [3.63, 3.8) is 0 Å². The Morgan fingerprint density at radius 2 is 2.05 bits per heavy atom. The fraction of sp³-hybridized carbons (Fsp3) is 0.0769. The number of carbonyl (C=O) groups excluding carboxylic acids is 1. The standard InChI is InChI=1S/C13H11ClN2O3/c1-7-4-5-15-12(14)11(7)16-13(19)9-3-2-8(17)6-10(9)18/h2-6,17-18H,1H3,(H,16,19). The summed E-state index contributed by atoms with van der Waals surface area (Å²) in [6, 6.07) is 5.43. The van der Waals surface area contributed by atoms with Gasteiger partial charge in [0.2, 0.25) is 0 Å². The van der Waals surface area contributed by atoms with Gasteiger partial charge in [-0.2, -0.15) is 0 Å². The van der Waals surface area contributed by atoms with Crippen molar-refractivity contribution in [1.82, 2.24) is 4.98 Å². The summed E-state index contributed by atoms with van der Waals surface area (Å²) in [4.78, 5) is 15.9. The lowest BCUT2D eigenvalue weighted by atomic mass is 10.1. The topological polar surface area (TPSA) is 82.5 Å². The number of nitrogens with one attached hydrogen (secondary N) is 1. The zero-order valence-corrected chi connectivity index (χ0v) is 10.8. The third-order valence-corrected chi connectivity index (χ3v) is 2.86. The highest BCUT2D eigenvalue weighted by molar-refractivity contribution is 6.32. The molecule has 1 aromatic heterocycles. The van der Waals surface area contributed by atoms with Gasteiger partial charge in [0.15, 0.2) is 5.15 Å². The van der Waals surface area contributed by atoms with Crippen LogP contribution in [-0.4, -0.2) is 21.1 Å². The van der Waals surface area contributed by atoms with Gasteiger partial charge < -0.3 is 15.5 Å². The summed E-state index contributed by atoms with van der Waals surface area (Å²) >= 11 is 5.90. The van der Waals surface area contributed by atoms with E-state index in [1.54, 1.807) is 13.0 Å². The average Bonchev–Trinajstić information content (AvgIpc) is 2.33. The molecule has 2 rings (SSSR count). The number of hydrogen-bond donors (Lipinski definition) is 3. The summed E-state index contributed by atoms with van der Waals surface area (Å²) in [5.74, 6) is -0.963. The molecule has 2 aromatic rings. The highest BCUT2D eigenvalue weighted by Crippen LogP contribution is 2.26. The molecule has 5 nitrogen and oxygen atoms in total. The highest BCUT2D eigenvalue weighted by atomic mass is 35.5. The van der Waals surface area contributed by atoms with E-state index in [0.717, 1.165) is 11.6 Å². The van der Waals surface area contributed by atoms with Gasteiger partial charge in [0.05, 0.1) is 11.3 Å². The normalized spacial score (nSPS) is 10.2. The molecule has 0 bridgehead atoms. The first kappa shape index (κ1) is 13.2. The lowest BCUT2D eigenvalue weighted by molar-refractivity contribution is 0.102. The number of phenolic OH excluding ortho intramolecular Hbond substituents is 2. The molecule has 98 valence electrons. The first-order valence-electron chi connectivity index (χ1n) is 5.43. The lowest BCUT2D eigenvalue weighted by Gasteiger charge is -2.10. The molecule has 1 aromatic carbocycles. The van der Waals surface area contributed by atoms with Crippen molar-refractivity contribution in [3.8, 4) is 11.5 Å². The minimum atomic E-state index is -0.532. The zero-order chi connectivity index (χ0) is 14.0. The van der Waals surface area contributed by atoms with Crippen molar-refractivity contribution in [3.05, 3.63) is 46.7 Å². The van der Waals surface area contributed by atoms with Crippen molar-refractivity contribution < 1.29 is 15.0 Å². The van der Waals surface area contributed by atoms with E-state index in [1.807, 2.05) is 0 Å². The summed E-state index contributed by atoms with van der Waals surface area (Å²) < 4.78 is 0. The number of aromatic hydroxyl groups is 2. The number of benzene rings is 1.